The Labute approximate surface area is 131 Å². The van der Waals surface area contributed by atoms with E-state index in [1.54, 1.807) is 12.3 Å². The third-order valence-corrected chi connectivity index (χ3v) is 3.97. The van der Waals surface area contributed by atoms with E-state index >= 15 is 0 Å². The zero-order chi connectivity index (χ0) is 15.4. The third-order valence-electron chi connectivity index (χ3n) is 3.97. The molecule has 0 spiro atoms. The smallest absolute Gasteiger partial charge is 0.276 e. The molecule has 0 bridgehead atoms. The van der Waals surface area contributed by atoms with Crippen LogP contribution in [0.3, 0.4) is 0 Å². The van der Waals surface area contributed by atoms with Gasteiger partial charge in [0, 0.05) is 18.8 Å². The van der Waals surface area contributed by atoms with Gasteiger partial charge in [-0.2, -0.15) is 0 Å². The summed E-state index contributed by atoms with van der Waals surface area (Å²) < 4.78 is 0. The molecule has 1 amide bonds. The summed E-state index contributed by atoms with van der Waals surface area (Å²) in [5, 5.41) is 3.31. The molecule has 1 aliphatic rings. The van der Waals surface area contributed by atoms with Crippen molar-refractivity contribution in [1.82, 2.24) is 4.98 Å². The van der Waals surface area contributed by atoms with E-state index in [1.165, 1.54) is 5.56 Å². The van der Waals surface area contributed by atoms with Gasteiger partial charge in [0.1, 0.15) is 5.69 Å². The summed E-state index contributed by atoms with van der Waals surface area (Å²) in [6, 6.07) is 11.8. The molecule has 0 radical (unpaired) electrons. The molecule has 0 atom stereocenters. The van der Waals surface area contributed by atoms with Crippen molar-refractivity contribution < 1.29 is 4.79 Å². The van der Waals surface area contributed by atoms with Gasteiger partial charge in [0.25, 0.3) is 5.91 Å². The Bertz CT molecular complexity index is 652. The molecular formula is C18H21N3O. The van der Waals surface area contributed by atoms with Gasteiger partial charge in [-0.15, -0.1) is 0 Å². The Morgan fingerprint density at radius 1 is 1.27 bits per heavy atom. The van der Waals surface area contributed by atoms with E-state index in [-0.39, 0.29) is 5.91 Å². The van der Waals surface area contributed by atoms with Crippen LogP contribution in [0.15, 0.2) is 42.6 Å². The van der Waals surface area contributed by atoms with E-state index in [0.717, 1.165) is 43.7 Å². The maximum atomic E-state index is 12.6. The highest BCUT2D eigenvalue weighted by Crippen LogP contribution is 2.28. The number of anilines is 2. The number of pyridine rings is 1. The average Bonchev–Trinajstić information content (AvgIpc) is 2.99. The van der Waals surface area contributed by atoms with Crippen molar-refractivity contribution in [3.63, 3.8) is 0 Å². The van der Waals surface area contributed by atoms with Gasteiger partial charge >= 0.3 is 0 Å². The van der Waals surface area contributed by atoms with Crippen molar-refractivity contribution >= 4 is 17.3 Å². The van der Waals surface area contributed by atoms with Gasteiger partial charge in [-0.05, 0) is 36.6 Å². The standard InChI is InChI=1S/C18H21N3O/c1-2-3-11-19-15-8-9-16(20-13-15)18(22)21-12-10-14-6-4-5-7-17(14)21/h4-9,13,19H,2-3,10-12H2,1H3. The van der Waals surface area contributed by atoms with Crippen molar-refractivity contribution in [3.05, 3.63) is 53.9 Å². The SMILES string of the molecule is CCCCNc1ccc(C(=O)N2CCc3ccccc32)nc1. The van der Waals surface area contributed by atoms with E-state index in [2.05, 4.69) is 23.3 Å². The number of hydrogen-bond acceptors (Lipinski definition) is 3. The van der Waals surface area contributed by atoms with Gasteiger partial charge in [0.05, 0.1) is 11.9 Å². The van der Waals surface area contributed by atoms with Crippen LogP contribution in [0.4, 0.5) is 11.4 Å². The molecule has 4 heteroatoms. The monoisotopic (exact) mass is 295 g/mol. The number of hydrogen-bond donors (Lipinski definition) is 1. The first kappa shape index (κ1) is 14.6. The summed E-state index contributed by atoms with van der Waals surface area (Å²) in [5.41, 5.74) is 3.71. The fourth-order valence-corrected chi connectivity index (χ4v) is 2.72. The quantitative estimate of drug-likeness (QED) is 0.859. The summed E-state index contributed by atoms with van der Waals surface area (Å²) in [5.74, 6) is -0.0231. The summed E-state index contributed by atoms with van der Waals surface area (Å²) >= 11 is 0. The van der Waals surface area contributed by atoms with Gasteiger partial charge < -0.3 is 10.2 Å². The molecule has 22 heavy (non-hydrogen) atoms. The number of rotatable bonds is 5. The van der Waals surface area contributed by atoms with Gasteiger partial charge in [0.15, 0.2) is 0 Å². The van der Waals surface area contributed by atoms with Crippen LogP contribution in [0.2, 0.25) is 0 Å². The van der Waals surface area contributed by atoms with Gasteiger partial charge in [-0.1, -0.05) is 31.5 Å². The summed E-state index contributed by atoms with van der Waals surface area (Å²) in [6.45, 7) is 3.83. The fourth-order valence-electron chi connectivity index (χ4n) is 2.72. The van der Waals surface area contributed by atoms with E-state index < -0.39 is 0 Å². The van der Waals surface area contributed by atoms with Crippen LogP contribution >= 0.6 is 0 Å². The molecule has 0 fully saturated rings. The largest absolute Gasteiger partial charge is 0.384 e. The van der Waals surface area contributed by atoms with Crippen LogP contribution < -0.4 is 10.2 Å². The first-order chi connectivity index (χ1) is 10.8. The second-order valence-electron chi connectivity index (χ2n) is 5.55. The van der Waals surface area contributed by atoms with E-state index in [0.29, 0.717) is 5.69 Å². The number of nitrogens with zero attached hydrogens (tertiary/aromatic N) is 2. The molecule has 1 N–H and O–H groups in total. The van der Waals surface area contributed by atoms with Gasteiger partial charge in [-0.25, -0.2) is 4.98 Å². The van der Waals surface area contributed by atoms with Crippen molar-refractivity contribution in [1.29, 1.82) is 0 Å². The predicted molar refractivity (Wildman–Crippen MR) is 89.5 cm³/mol. The highest BCUT2D eigenvalue weighted by Gasteiger charge is 2.25. The molecule has 2 heterocycles. The number of para-hydroxylation sites is 1. The first-order valence-corrected chi connectivity index (χ1v) is 7.89. The number of carbonyl (C=O) groups is 1. The number of fused-ring (bicyclic) bond motifs is 1. The van der Waals surface area contributed by atoms with Crippen LogP contribution in [0.25, 0.3) is 0 Å². The molecule has 2 aromatic rings. The molecule has 3 rings (SSSR count). The molecule has 1 aliphatic heterocycles. The molecule has 4 nitrogen and oxygen atoms in total. The van der Waals surface area contributed by atoms with Gasteiger partial charge in [-0.3, -0.25) is 4.79 Å². The van der Waals surface area contributed by atoms with Crippen molar-refractivity contribution in [2.24, 2.45) is 0 Å². The molecule has 0 saturated heterocycles. The van der Waals surface area contributed by atoms with E-state index in [1.807, 2.05) is 29.2 Å². The van der Waals surface area contributed by atoms with Crippen molar-refractivity contribution in [2.75, 3.05) is 23.3 Å². The second-order valence-corrected chi connectivity index (χ2v) is 5.55. The number of carbonyl (C=O) groups excluding carboxylic acids is 1. The maximum Gasteiger partial charge on any atom is 0.276 e. The Hall–Kier alpha value is -2.36. The molecule has 0 saturated carbocycles. The summed E-state index contributed by atoms with van der Waals surface area (Å²) in [4.78, 5) is 18.8. The maximum absolute atomic E-state index is 12.6. The molecule has 1 aromatic heterocycles. The topological polar surface area (TPSA) is 45.2 Å². The van der Waals surface area contributed by atoms with Crippen molar-refractivity contribution in [3.8, 4) is 0 Å². The molecular weight excluding hydrogens is 274 g/mol. The lowest BCUT2D eigenvalue weighted by atomic mass is 10.2. The van der Waals surface area contributed by atoms with Crippen molar-refractivity contribution in [2.45, 2.75) is 26.2 Å². The van der Waals surface area contributed by atoms with Crippen LogP contribution in [0.5, 0.6) is 0 Å². The number of unbranched alkanes of at least 4 members (excludes halogenated alkanes) is 1. The Morgan fingerprint density at radius 3 is 2.91 bits per heavy atom. The number of benzene rings is 1. The zero-order valence-electron chi connectivity index (χ0n) is 12.9. The summed E-state index contributed by atoms with van der Waals surface area (Å²) in [6.07, 6.45) is 4.94. The Kier molecular flexibility index (Phi) is 4.37. The van der Waals surface area contributed by atoms with Crippen LogP contribution in [-0.2, 0) is 6.42 Å². The highest BCUT2D eigenvalue weighted by molar-refractivity contribution is 6.06. The number of amides is 1. The lowest BCUT2D eigenvalue weighted by Gasteiger charge is -2.17. The average molecular weight is 295 g/mol. The molecule has 114 valence electrons. The first-order valence-electron chi connectivity index (χ1n) is 7.89. The molecule has 0 unspecified atom stereocenters. The minimum atomic E-state index is -0.0231. The number of aromatic nitrogens is 1. The second kappa shape index (κ2) is 6.60. The predicted octanol–water partition coefficient (Wildman–Crippen LogP) is 3.50. The fraction of sp³-hybridized carbons (Fsp3) is 0.333. The Balaban J connectivity index is 1.71. The minimum Gasteiger partial charge on any atom is -0.384 e. The van der Waals surface area contributed by atoms with Crippen LogP contribution in [0.1, 0.15) is 35.8 Å². The van der Waals surface area contributed by atoms with Crippen LogP contribution in [-0.4, -0.2) is 24.0 Å². The zero-order valence-corrected chi connectivity index (χ0v) is 12.9. The van der Waals surface area contributed by atoms with Crippen LogP contribution in [0, 0.1) is 0 Å². The summed E-state index contributed by atoms with van der Waals surface area (Å²) in [7, 11) is 0. The van der Waals surface area contributed by atoms with E-state index in [4.69, 9.17) is 0 Å². The lowest BCUT2D eigenvalue weighted by Crippen LogP contribution is -2.29. The van der Waals surface area contributed by atoms with E-state index in [9.17, 15) is 4.79 Å². The normalized spacial score (nSPS) is 13.0. The lowest BCUT2D eigenvalue weighted by molar-refractivity contribution is 0.0984. The molecule has 0 aliphatic carbocycles. The third kappa shape index (κ3) is 2.96. The highest BCUT2D eigenvalue weighted by atomic mass is 16.2. The molecule has 1 aromatic carbocycles. The Morgan fingerprint density at radius 2 is 2.14 bits per heavy atom. The number of nitrogens with one attached hydrogen (secondary N) is 1. The van der Waals surface area contributed by atoms with Gasteiger partial charge in [0.2, 0.25) is 0 Å². The minimum absolute atomic E-state index is 0.0231.